The lowest BCUT2D eigenvalue weighted by Gasteiger charge is -2.08. The number of hydrogen-bond acceptors (Lipinski definition) is 3. The fourth-order valence-corrected chi connectivity index (χ4v) is 3.08. The minimum absolute atomic E-state index is 0.298. The molecular weight excluding hydrogens is 262 g/mol. The van der Waals surface area contributed by atoms with E-state index in [0.717, 1.165) is 27.8 Å². The van der Waals surface area contributed by atoms with Crippen molar-refractivity contribution in [2.75, 3.05) is 6.79 Å². The van der Waals surface area contributed by atoms with E-state index in [0.29, 0.717) is 6.79 Å². The van der Waals surface area contributed by atoms with Crippen LogP contribution in [0.2, 0.25) is 0 Å². The molecule has 0 N–H and O–H groups in total. The van der Waals surface area contributed by atoms with E-state index in [1.807, 2.05) is 24.4 Å². The molecule has 1 aliphatic heterocycles. The summed E-state index contributed by atoms with van der Waals surface area (Å²) in [5.74, 6) is 1.64. The van der Waals surface area contributed by atoms with Gasteiger partial charge in [0.1, 0.15) is 0 Å². The molecule has 1 aromatic heterocycles. The monoisotopic (exact) mass is 273 g/mol. The summed E-state index contributed by atoms with van der Waals surface area (Å²) in [6, 6.07) is 16.6. The van der Waals surface area contributed by atoms with Gasteiger partial charge in [0, 0.05) is 22.4 Å². The molecule has 3 aromatic carbocycles. The van der Waals surface area contributed by atoms with Crippen molar-refractivity contribution in [2.45, 2.75) is 0 Å². The molecule has 0 aliphatic carbocycles. The van der Waals surface area contributed by atoms with E-state index in [1.54, 1.807) is 0 Å². The molecule has 0 radical (unpaired) electrons. The molecule has 0 amide bonds. The fraction of sp³-hybridized carbons (Fsp3) is 0.0556. The van der Waals surface area contributed by atoms with Crippen LogP contribution in [-0.2, 0) is 0 Å². The van der Waals surface area contributed by atoms with Crippen molar-refractivity contribution >= 4 is 32.4 Å². The summed E-state index contributed by atoms with van der Waals surface area (Å²) < 4.78 is 11.0. The summed E-state index contributed by atoms with van der Waals surface area (Å²) in [6.45, 7) is 0.298. The van der Waals surface area contributed by atoms with Gasteiger partial charge in [-0.3, -0.25) is 4.98 Å². The second-order valence-electron chi connectivity index (χ2n) is 5.23. The van der Waals surface area contributed by atoms with Gasteiger partial charge < -0.3 is 9.47 Å². The van der Waals surface area contributed by atoms with Gasteiger partial charge in [0.25, 0.3) is 0 Å². The first kappa shape index (κ1) is 10.9. The zero-order chi connectivity index (χ0) is 13.8. The third-order valence-corrected chi connectivity index (χ3v) is 4.06. The number of aromatic nitrogens is 1. The number of pyridine rings is 1. The zero-order valence-electron chi connectivity index (χ0n) is 11.2. The molecule has 1 aliphatic rings. The van der Waals surface area contributed by atoms with E-state index in [1.165, 1.54) is 16.2 Å². The van der Waals surface area contributed by atoms with Crippen LogP contribution < -0.4 is 9.47 Å². The standard InChI is InChI=1S/C18H11NO2/c1-2-4-15-13(3-1)18-12(9-19-15)6-5-11-7-16-17(8-14(11)18)21-10-20-16/h1-9H,10H2. The number of ether oxygens (including phenoxy) is 2. The second kappa shape index (κ2) is 3.85. The molecule has 3 heteroatoms. The number of hydrogen-bond donors (Lipinski definition) is 0. The van der Waals surface area contributed by atoms with Crippen molar-refractivity contribution in [3.05, 3.63) is 54.7 Å². The Balaban J connectivity index is 2.04. The minimum atomic E-state index is 0.298. The third-order valence-electron chi connectivity index (χ3n) is 4.06. The summed E-state index contributed by atoms with van der Waals surface area (Å²) in [5, 5.41) is 5.86. The predicted molar refractivity (Wildman–Crippen MR) is 82.9 cm³/mol. The zero-order valence-corrected chi connectivity index (χ0v) is 11.2. The smallest absolute Gasteiger partial charge is 0.231 e. The van der Waals surface area contributed by atoms with E-state index in [2.05, 4.69) is 35.3 Å². The van der Waals surface area contributed by atoms with Gasteiger partial charge in [0.2, 0.25) is 6.79 Å². The molecule has 0 unspecified atom stereocenters. The highest BCUT2D eigenvalue weighted by Gasteiger charge is 2.16. The number of fused-ring (bicyclic) bond motifs is 6. The van der Waals surface area contributed by atoms with Crippen LogP contribution >= 0.6 is 0 Å². The van der Waals surface area contributed by atoms with Crippen LogP contribution in [0.1, 0.15) is 0 Å². The van der Waals surface area contributed by atoms with Crippen molar-refractivity contribution in [2.24, 2.45) is 0 Å². The van der Waals surface area contributed by atoms with E-state index in [-0.39, 0.29) is 0 Å². The summed E-state index contributed by atoms with van der Waals surface area (Å²) in [6.07, 6.45) is 1.93. The largest absolute Gasteiger partial charge is 0.454 e. The van der Waals surface area contributed by atoms with Gasteiger partial charge in [-0.15, -0.1) is 0 Å². The van der Waals surface area contributed by atoms with Gasteiger partial charge in [-0.1, -0.05) is 30.3 Å². The van der Waals surface area contributed by atoms with Crippen LogP contribution in [0, 0.1) is 0 Å². The maximum Gasteiger partial charge on any atom is 0.231 e. The van der Waals surface area contributed by atoms with Gasteiger partial charge in [-0.2, -0.15) is 0 Å². The predicted octanol–water partition coefficient (Wildman–Crippen LogP) is 4.27. The van der Waals surface area contributed by atoms with E-state index in [4.69, 9.17) is 9.47 Å². The molecule has 0 bridgehead atoms. The van der Waals surface area contributed by atoms with Gasteiger partial charge in [-0.05, 0) is 29.0 Å². The number of para-hydroxylation sites is 1. The maximum atomic E-state index is 5.53. The topological polar surface area (TPSA) is 31.4 Å². The molecule has 2 heterocycles. The first-order valence-electron chi connectivity index (χ1n) is 6.90. The first-order valence-corrected chi connectivity index (χ1v) is 6.90. The van der Waals surface area contributed by atoms with E-state index in [9.17, 15) is 0 Å². The van der Waals surface area contributed by atoms with E-state index >= 15 is 0 Å². The Kier molecular flexibility index (Phi) is 2.00. The molecule has 5 rings (SSSR count). The van der Waals surface area contributed by atoms with Crippen molar-refractivity contribution in [1.29, 1.82) is 0 Å². The maximum absolute atomic E-state index is 5.53. The number of benzene rings is 3. The van der Waals surface area contributed by atoms with Crippen LogP contribution in [0.15, 0.2) is 54.7 Å². The molecule has 0 atom stereocenters. The van der Waals surface area contributed by atoms with Crippen molar-refractivity contribution < 1.29 is 9.47 Å². The Bertz CT molecular complexity index is 1020. The fourth-order valence-electron chi connectivity index (χ4n) is 3.08. The van der Waals surface area contributed by atoms with Crippen LogP contribution in [0.4, 0.5) is 0 Å². The average molecular weight is 273 g/mol. The number of nitrogens with zero attached hydrogens (tertiary/aromatic N) is 1. The van der Waals surface area contributed by atoms with Crippen molar-refractivity contribution in [1.82, 2.24) is 4.98 Å². The van der Waals surface area contributed by atoms with Gasteiger partial charge in [-0.25, -0.2) is 0 Å². The lowest BCUT2D eigenvalue weighted by molar-refractivity contribution is 0.174. The highest BCUT2D eigenvalue weighted by atomic mass is 16.7. The summed E-state index contributed by atoms with van der Waals surface area (Å²) in [7, 11) is 0. The van der Waals surface area contributed by atoms with Crippen molar-refractivity contribution in [3.63, 3.8) is 0 Å². The van der Waals surface area contributed by atoms with Crippen molar-refractivity contribution in [3.8, 4) is 11.5 Å². The molecular formula is C18H11NO2. The Morgan fingerprint density at radius 3 is 2.57 bits per heavy atom. The molecule has 4 aromatic rings. The van der Waals surface area contributed by atoms with Gasteiger partial charge >= 0.3 is 0 Å². The highest BCUT2D eigenvalue weighted by molar-refractivity contribution is 6.19. The molecule has 100 valence electrons. The van der Waals surface area contributed by atoms with Gasteiger partial charge in [0.05, 0.1) is 5.52 Å². The Labute approximate surface area is 120 Å². The Morgan fingerprint density at radius 1 is 0.810 bits per heavy atom. The molecule has 0 saturated heterocycles. The first-order chi connectivity index (χ1) is 10.4. The lowest BCUT2D eigenvalue weighted by Crippen LogP contribution is -1.92. The van der Waals surface area contributed by atoms with Crippen LogP contribution in [-0.4, -0.2) is 11.8 Å². The summed E-state index contributed by atoms with van der Waals surface area (Å²) >= 11 is 0. The lowest BCUT2D eigenvalue weighted by atomic mass is 9.99. The normalized spacial score (nSPS) is 13.3. The average Bonchev–Trinajstić information content (AvgIpc) is 2.99. The van der Waals surface area contributed by atoms with Crippen LogP contribution in [0.3, 0.4) is 0 Å². The number of rotatable bonds is 0. The molecule has 3 nitrogen and oxygen atoms in total. The van der Waals surface area contributed by atoms with E-state index < -0.39 is 0 Å². The van der Waals surface area contributed by atoms with Gasteiger partial charge in [0.15, 0.2) is 11.5 Å². The SMILES string of the molecule is c1ccc2c(c1)ncc1ccc3cc4c(cc3c12)OCO4. The molecule has 0 spiro atoms. The minimum Gasteiger partial charge on any atom is -0.454 e. The Hall–Kier alpha value is -2.81. The van der Waals surface area contributed by atoms with Crippen LogP contribution in [0.25, 0.3) is 32.4 Å². The third kappa shape index (κ3) is 1.46. The quantitative estimate of drug-likeness (QED) is 0.448. The second-order valence-corrected chi connectivity index (χ2v) is 5.23. The highest BCUT2D eigenvalue weighted by Crippen LogP contribution is 2.39. The molecule has 0 fully saturated rings. The molecule has 0 saturated carbocycles. The molecule has 21 heavy (non-hydrogen) atoms. The summed E-state index contributed by atoms with van der Waals surface area (Å²) in [4.78, 5) is 4.53. The summed E-state index contributed by atoms with van der Waals surface area (Å²) in [5.41, 5.74) is 1.01. The van der Waals surface area contributed by atoms with Crippen LogP contribution in [0.5, 0.6) is 11.5 Å². The Morgan fingerprint density at radius 2 is 1.62 bits per heavy atom.